The Balaban J connectivity index is 1.64. The summed E-state index contributed by atoms with van der Waals surface area (Å²) in [5.74, 6) is 0.334. The van der Waals surface area contributed by atoms with Gasteiger partial charge in [0.25, 0.3) is 5.91 Å². The highest BCUT2D eigenvalue weighted by molar-refractivity contribution is 5.94. The third-order valence-electron chi connectivity index (χ3n) is 7.11. The molecule has 0 saturated carbocycles. The predicted octanol–water partition coefficient (Wildman–Crippen LogP) is 4.24. The molecule has 0 spiro atoms. The van der Waals surface area contributed by atoms with Gasteiger partial charge in [-0.2, -0.15) is 0 Å². The Morgan fingerprint density at radius 1 is 0.923 bits per heavy atom. The van der Waals surface area contributed by atoms with E-state index in [0.717, 1.165) is 16.7 Å². The normalized spacial score (nSPS) is 19.3. The Morgan fingerprint density at radius 3 is 2.15 bits per heavy atom. The largest absolute Gasteiger partial charge is 0.488 e. The number of amides is 1. The van der Waals surface area contributed by atoms with E-state index in [1.165, 1.54) is 0 Å². The van der Waals surface area contributed by atoms with E-state index in [1.807, 2.05) is 58.5 Å². The first-order valence-corrected chi connectivity index (χ1v) is 13.3. The van der Waals surface area contributed by atoms with Gasteiger partial charge in [-0.25, -0.2) is 0 Å². The molecule has 39 heavy (non-hydrogen) atoms. The van der Waals surface area contributed by atoms with E-state index in [-0.39, 0.29) is 31.1 Å². The Hall–Kier alpha value is -4.07. The lowest BCUT2D eigenvalue weighted by Crippen LogP contribution is -2.56. The molecule has 0 unspecified atom stereocenters. The Morgan fingerprint density at radius 2 is 1.54 bits per heavy atom. The molecule has 1 amide bonds. The zero-order valence-electron chi connectivity index (χ0n) is 22.2. The maximum atomic E-state index is 14.1. The number of methoxy groups -OCH3 is 1. The fourth-order valence-electron chi connectivity index (χ4n) is 5.26. The highest BCUT2D eigenvalue weighted by Crippen LogP contribution is 2.38. The number of carbonyl (C=O) groups is 1. The number of benzene rings is 3. The van der Waals surface area contributed by atoms with Crippen molar-refractivity contribution in [2.45, 2.75) is 18.6 Å². The minimum atomic E-state index is -0.147. The van der Waals surface area contributed by atoms with Gasteiger partial charge in [-0.15, -0.1) is 0 Å². The fraction of sp³-hybridized carbons (Fsp3) is 0.281. The van der Waals surface area contributed by atoms with Crippen molar-refractivity contribution < 1.29 is 19.0 Å². The fourth-order valence-corrected chi connectivity index (χ4v) is 5.26. The summed E-state index contributed by atoms with van der Waals surface area (Å²) in [7, 11) is 1.65. The molecule has 0 radical (unpaired) electrons. The van der Waals surface area contributed by atoms with Gasteiger partial charge in [0, 0.05) is 32.3 Å². The van der Waals surface area contributed by atoms with Gasteiger partial charge in [0.15, 0.2) is 5.76 Å². The number of ether oxygens (including phenoxy) is 3. The van der Waals surface area contributed by atoms with Gasteiger partial charge in [0.1, 0.15) is 18.9 Å². The van der Waals surface area contributed by atoms with Gasteiger partial charge in [-0.3, -0.25) is 4.79 Å². The van der Waals surface area contributed by atoms with Crippen LogP contribution in [0.25, 0.3) is 0 Å². The summed E-state index contributed by atoms with van der Waals surface area (Å²) in [6.07, 6.45) is 1.86. The van der Waals surface area contributed by atoms with Crippen molar-refractivity contribution in [1.82, 2.24) is 9.80 Å². The average molecular weight is 526 g/mol. The zero-order chi connectivity index (χ0) is 27.0. The maximum Gasteiger partial charge on any atom is 0.274 e. The smallest absolute Gasteiger partial charge is 0.274 e. The lowest BCUT2D eigenvalue weighted by Gasteiger charge is -2.46. The molecule has 7 nitrogen and oxygen atoms in total. The maximum absolute atomic E-state index is 14.1. The van der Waals surface area contributed by atoms with Crippen LogP contribution in [0.2, 0.25) is 0 Å². The van der Waals surface area contributed by atoms with Crippen molar-refractivity contribution >= 4 is 5.91 Å². The molecular formula is C32H35N3O4. The number of nitrogens with two attached hydrogens (primary N) is 1. The predicted molar refractivity (Wildman–Crippen MR) is 150 cm³/mol. The van der Waals surface area contributed by atoms with Crippen LogP contribution in [0, 0.1) is 0 Å². The SMILES string of the molecule is COCCN1C[C@H](C(c2ccccc2)c2ccccc2)N2/C=C(/N)COCC(OCc3ccccc3)=C2C1=O. The van der Waals surface area contributed by atoms with Crippen LogP contribution < -0.4 is 5.73 Å². The third-order valence-corrected chi connectivity index (χ3v) is 7.11. The minimum Gasteiger partial charge on any atom is -0.488 e. The molecule has 1 atom stereocenters. The number of carbonyl (C=O) groups excluding carboxylic acids is 1. The van der Waals surface area contributed by atoms with E-state index in [0.29, 0.717) is 43.5 Å². The van der Waals surface area contributed by atoms with Crippen molar-refractivity contribution in [3.8, 4) is 0 Å². The van der Waals surface area contributed by atoms with Crippen molar-refractivity contribution in [3.63, 3.8) is 0 Å². The number of fused-ring (bicyclic) bond motifs is 1. The quantitative estimate of drug-likeness (QED) is 0.451. The molecule has 2 heterocycles. The van der Waals surface area contributed by atoms with Gasteiger partial charge in [0.05, 0.1) is 25.0 Å². The Labute approximate surface area is 230 Å². The Bertz CT molecular complexity index is 1260. The first-order valence-electron chi connectivity index (χ1n) is 13.3. The van der Waals surface area contributed by atoms with Crippen molar-refractivity contribution in [3.05, 3.63) is 131 Å². The van der Waals surface area contributed by atoms with Gasteiger partial charge in [-0.05, 0) is 16.7 Å². The second-order valence-corrected chi connectivity index (χ2v) is 9.76. The molecular weight excluding hydrogens is 490 g/mol. The first kappa shape index (κ1) is 26.5. The second kappa shape index (κ2) is 12.7. The molecule has 0 bridgehead atoms. The van der Waals surface area contributed by atoms with Crippen LogP contribution in [0.5, 0.6) is 0 Å². The molecule has 1 fully saturated rings. The Kier molecular flexibility index (Phi) is 8.61. The summed E-state index contributed by atoms with van der Waals surface area (Å²) in [4.78, 5) is 18.0. The second-order valence-electron chi connectivity index (χ2n) is 9.76. The highest BCUT2D eigenvalue weighted by Gasteiger charge is 2.42. The molecule has 0 aliphatic carbocycles. The van der Waals surface area contributed by atoms with Crippen molar-refractivity contribution in [1.29, 1.82) is 0 Å². The molecule has 7 heteroatoms. The van der Waals surface area contributed by atoms with Crippen LogP contribution in [0.1, 0.15) is 22.6 Å². The van der Waals surface area contributed by atoms with E-state index in [1.54, 1.807) is 7.11 Å². The minimum absolute atomic E-state index is 0.0414. The third kappa shape index (κ3) is 6.16. The molecule has 1 saturated heterocycles. The average Bonchev–Trinajstić information content (AvgIpc) is 2.96. The van der Waals surface area contributed by atoms with E-state index in [2.05, 4.69) is 48.5 Å². The number of hydrogen-bond donors (Lipinski definition) is 1. The zero-order valence-corrected chi connectivity index (χ0v) is 22.2. The number of nitrogens with zero attached hydrogens (tertiary/aromatic N) is 2. The van der Waals surface area contributed by atoms with Crippen LogP contribution in [0.4, 0.5) is 0 Å². The first-order chi connectivity index (χ1) is 19.2. The molecule has 2 aliphatic heterocycles. The monoisotopic (exact) mass is 525 g/mol. The lowest BCUT2D eigenvalue weighted by atomic mass is 9.82. The molecule has 3 aromatic carbocycles. The van der Waals surface area contributed by atoms with Crippen molar-refractivity contribution in [2.24, 2.45) is 5.73 Å². The number of hydrogen-bond acceptors (Lipinski definition) is 6. The van der Waals surface area contributed by atoms with Crippen LogP contribution in [0.15, 0.2) is 114 Å². The van der Waals surface area contributed by atoms with E-state index in [9.17, 15) is 4.79 Å². The van der Waals surface area contributed by atoms with E-state index in [4.69, 9.17) is 19.9 Å². The van der Waals surface area contributed by atoms with Gasteiger partial charge < -0.3 is 29.7 Å². The topological polar surface area (TPSA) is 77.3 Å². The van der Waals surface area contributed by atoms with Gasteiger partial charge >= 0.3 is 0 Å². The lowest BCUT2D eigenvalue weighted by molar-refractivity contribution is -0.134. The van der Waals surface area contributed by atoms with Crippen LogP contribution in [-0.4, -0.2) is 61.8 Å². The molecule has 2 N–H and O–H groups in total. The summed E-state index contributed by atoms with van der Waals surface area (Å²) in [6.45, 7) is 2.11. The molecule has 3 aromatic rings. The van der Waals surface area contributed by atoms with Crippen LogP contribution in [-0.2, 0) is 25.6 Å². The number of piperazine rings is 1. The highest BCUT2D eigenvalue weighted by atomic mass is 16.5. The summed E-state index contributed by atoms with van der Waals surface area (Å²) in [6, 6.07) is 30.6. The van der Waals surface area contributed by atoms with E-state index >= 15 is 0 Å². The summed E-state index contributed by atoms with van der Waals surface area (Å²) < 4.78 is 17.6. The summed E-state index contributed by atoms with van der Waals surface area (Å²) in [5, 5.41) is 0. The van der Waals surface area contributed by atoms with E-state index < -0.39 is 0 Å². The summed E-state index contributed by atoms with van der Waals surface area (Å²) >= 11 is 0. The van der Waals surface area contributed by atoms with Gasteiger partial charge in [-0.1, -0.05) is 91.0 Å². The molecule has 202 valence electrons. The molecule has 5 rings (SSSR count). The van der Waals surface area contributed by atoms with Gasteiger partial charge in [0.2, 0.25) is 0 Å². The van der Waals surface area contributed by atoms with Crippen LogP contribution in [0.3, 0.4) is 0 Å². The van der Waals surface area contributed by atoms with Crippen molar-refractivity contribution in [2.75, 3.05) is 40.0 Å². The molecule has 2 aliphatic rings. The van der Waals surface area contributed by atoms with Crippen LogP contribution >= 0.6 is 0 Å². The standard InChI is InChI=1S/C32H35N3O4/c1-37-18-17-34-20-28(30(25-13-7-3-8-14-25)26-15-9-4-10-16-26)35-19-27(33)22-38-23-29(31(35)32(34)36)39-21-24-11-5-2-6-12-24/h2-16,19,28,30H,17-18,20-23,33H2,1H3/b27-19+,31-29?/t28-/m1/s1. The summed E-state index contributed by atoms with van der Waals surface area (Å²) in [5.41, 5.74) is 10.7. The molecule has 0 aromatic heterocycles. The number of rotatable bonds is 9.